The smallest absolute Gasteiger partial charge is 0.188 e. The first-order chi connectivity index (χ1) is 7.58. The van der Waals surface area contributed by atoms with E-state index >= 15 is 0 Å². The summed E-state index contributed by atoms with van der Waals surface area (Å²) in [4.78, 5) is 0. The van der Waals surface area contributed by atoms with Gasteiger partial charge in [-0.15, -0.1) is 11.3 Å². The van der Waals surface area contributed by atoms with E-state index in [0.717, 1.165) is 31.0 Å². The van der Waals surface area contributed by atoms with E-state index in [2.05, 4.69) is 15.9 Å². The van der Waals surface area contributed by atoms with Crippen LogP contribution in [0.4, 0.5) is 0 Å². The third kappa shape index (κ3) is 2.51. The van der Waals surface area contributed by atoms with Gasteiger partial charge < -0.3 is 0 Å². The van der Waals surface area contributed by atoms with Crippen LogP contribution in [0.15, 0.2) is 21.7 Å². The fraction of sp³-hybridized carbons (Fsp3) is 0.636. The maximum absolute atomic E-state index is 12.2. The number of thiophene rings is 1. The Labute approximate surface area is 109 Å². The minimum atomic E-state index is -3.08. The van der Waals surface area contributed by atoms with Gasteiger partial charge in [0, 0.05) is 5.33 Å². The van der Waals surface area contributed by atoms with Crippen LogP contribution in [-0.4, -0.2) is 19.5 Å². The molecule has 1 aromatic rings. The van der Waals surface area contributed by atoms with Gasteiger partial charge in [-0.2, -0.15) is 0 Å². The highest BCUT2D eigenvalue weighted by molar-refractivity contribution is 9.09. The van der Waals surface area contributed by atoms with E-state index in [9.17, 15) is 8.42 Å². The zero-order chi connectivity index (χ0) is 11.6. The van der Waals surface area contributed by atoms with Crippen LogP contribution in [-0.2, 0) is 9.84 Å². The molecule has 5 heteroatoms. The highest BCUT2D eigenvalue weighted by Gasteiger charge is 2.38. The molecule has 2 rings (SSSR count). The summed E-state index contributed by atoms with van der Waals surface area (Å²) in [5, 5.41) is 2.62. The molecule has 1 heterocycles. The normalized spacial score (nSPS) is 20.1. The van der Waals surface area contributed by atoms with E-state index in [4.69, 9.17) is 0 Å². The first-order valence-corrected chi connectivity index (χ1v) is 9.06. The average Bonchev–Trinajstić information content (AvgIpc) is 2.87. The molecule has 2 nitrogen and oxygen atoms in total. The molecule has 0 radical (unpaired) electrons. The van der Waals surface area contributed by atoms with Crippen LogP contribution in [0.1, 0.15) is 25.7 Å². The molecule has 0 aromatic carbocycles. The number of hydrogen-bond donors (Lipinski definition) is 0. The maximum atomic E-state index is 12.2. The summed E-state index contributed by atoms with van der Waals surface area (Å²) < 4.78 is 24.9. The maximum Gasteiger partial charge on any atom is 0.188 e. The molecule has 0 saturated heterocycles. The van der Waals surface area contributed by atoms with Gasteiger partial charge in [0.05, 0.1) is 5.75 Å². The Morgan fingerprint density at radius 2 is 2.06 bits per heavy atom. The van der Waals surface area contributed by atoms with Crippen molar-refractivity contribution >= 4 is 37.1 Å². The fourth-order valence-corrected chi connectivity index (χ4v) is 6.38. The van der Waals surface area contributed by atoms with E-state index in [1.54, 1.807) is 12.1 Å². The molecule has 16 heavy (non-hydrogen) atoms. The lowest BCUT2D eigenvalue weighted by atomic mass is 9.92. The molecule has 1 aliphatic rings. The molecule has 0 spiro atoms. The molecule has 0 aliphatic heterocycles. The molecule has 0 unspecified atom stereocenters. The van der Waals surface area contributed by atoms with Crippen molar-refractivity contribution in [2.75, 3.05) is 11.1 Å². The van der Waals surface area contributed by atoms with E-state index in [-0.39, 0.29) is 5.41 Å². The van der Waals surface area contributed by atoms with Gasteiger partial charge in [0.1, 0.15) is 4.21 Å². The first kappa shape index (κ1) is 12.6. The van der Waals surface area contributed by atoms with Crippen molar-refractivity contribution in [1.29, 1.82) is 0 Å². The third-order valence-corrected chi connectivity index (χ3v) is 7.89. The van der Waals surface area contributed by atoms with Gasteiger partial charge in [-0.25, -0.2) is 8.42 Å². The lowest BCUT2D eigenvalue weighted by Gasteiger charge is -2.25. The van der Waals surface area contributed by atoms with Gasteiger partial charge in [0.15, 0.2) is 9.84 Å². The Morgan fingerprint density at radius 3 is 2.56 bits per heavy atom. The number of alkyl halides is 1. The molecule has 0 bridgehead atoms. The summed E-state index contributed by atoms with van der Waals surface area (Å²) in [5.41, 5.74) is -0.0250. The van der Waals surface area contributed by atoms with Crippen molar-refractivity contribution in [1.82, 2.24) is 0 Å². The van der Waals surface area contributed by atoms with Crippen molar-refractivity contribution in [2.45, 2.75) is 29.9 Å². The standard InChI is InChI=1S/C11H15BrO2S2/c12-8-11(5-1-2-6-11)9-16(13,14)10-4-3-7-15-10/h3-4,7H,1-2,5-6,8-9H2. The molecule has 0 N–H and O–H groups in total. The molecule has 0 amide bonds. The van der Waals surface area contributed by atoms with Crippen LogP contribution in [0.2, 0.25) is 0 Å². The second kappa shape index (κ2) is 4.78. The van der Waals surface area contributed by atoms with Crippen molar-refractivity contribution in [2.24, 2.45) is 5.41 Å². The zero-order valence-electron chi connectivity index (χ0n) is 8.99. The van der Waals surface area contributed by atoms with Gasteiger partial charge >= 0.3 is 0 Å². The quantitative estimate of drug-likeness (QED) is 0.795. The van der Waals surface area contributed by atoms with Crippen molar-refractivity contribution < 1.29 is 8.42 Å². The van der Waals surface area contributed by atoms with Gasteiger partial charge in [-0.3, -0.25) is 0 Å². The molecular weight excluding hydrogens is 308 g/mol. The highest BCUT2D eigenvalue weighted by atomic mass is 79.9. The molecule has 90 valence electrons. The molecule has 0 atom stereocenters. The Kier molecular flexibility index (Phi) is 3.76. The number of hydrogen-bond acceptors (Lipinski definition) is 3. The van der Waals surface area contributed by atoms with Crippen molar-refractivity contribution in [3.63, 3.8) is 0 Å². The van der Waals surface area contributed by atoms with E-state index in [1.165, 1.54) is 11.3 Å². The molecule has 1 aromatic heterocycles. The Morgan fingerprint density at radius 1 is 1.38 bits per heavy atom. The summed E-state index contributed by atoms with van der Waals surface area (Å²) >= 11 is 4.81. The minimum absolute atomic E-state index is 0.0250. The predicted octanol–water partition coefficient (Wildman–Crippen LogP) is 3.48. The summed E-state index contributed by atoms with van der Waals surface area (Å²) in [6.45, 7) is 0. The van der Waals surface area contributed by atoms with Crippen LogP contribution < -0.4 is 0 Å². The summed E-state index contributed by atoms with van der Waals surface area (Å²) in [6, 6.07) is 3.50. The SMILES string of the molecule is O=S(=O)(CC1(CBr)CCCC1)c1cccs1. The summed E-state index contributed by atoms with van der Waals surface area (Å²) in [5.74, 6) is 0.297. The van der Waals surface area contributed by atoms with Crippen LogP contribution in [0, 0.1) is 5.41 Å². The zero-order valence-corrected chi connectivity index (χ0v) is 12.2. The van der Waals surface area contributed by atoms with Crippen molar-refractivity contribution in [3.8, 4) is 0 Å². The first-order valence-electron chi connectivity index (χ1n) is 5.40. The second-order valence-corrected chi connectivity index (χ2v) is 8.26. The van der Waals surface area contributed by atoms with Crippen LogP contribution >= 0.6 is 27.3 Å². The highest BCUT2D eigenvalue weighted by Crippen LogP contribution is 2.42. The van der Waals surface area contributed by atoms with E-state index in [0.29, 0.717) is 9.96 Å². The van der Waals surface area contributed by atoms with Gasteiger partial charge in [-0.1, -0.05) is 34.8 Å². The molecular formula is C11H15BrO2S2. The largest absolute Gasteiger partial charge is 0.223 e. The lowest BCUT2D eigenvalue weighted by molar-refractivity contribution is 0.394. The predicted molar refractivity (Wildman–Crippen MR) is 71.1 cm³/mol. The van der Waals surface area contributed by atoms with Crippen molar-refractivity contribution in [3.05, 3.63) is 17.5 Å². The monoisotopic (exact) mass is 322 g/mol. The molecule has 1 fully saturated rings. The third-order valence-electron chi connectivity index (χ3n) is 3.25. The fourth-order valence-electron chi connectivity index (χ4n) is 2.36. The minimum Gasteiger partial charge on any atom is -0.223 e. The number of sulfone groups is 1. The van der Waals surface area contributed by atoms with Crippen LogP contribution in [0.25, 0.3) is 0 Å². The van der Waals surface area contributed by atoms with Gasteiger partial charge in [0.2, 0.25) is 0 Å². The van der Waals surface area contributed by atoms with Gasteiger partial charge in [0.25, 0.3) is 0 Å². The number of halogens is 1. The Hall–Kier alpha value is 0.130. The summed E-state index contributed by atoms with van der Waals surface area (Å²) in [7, 11) is -3.08. The van der Waals surface area contributed by atoms with Crippen LogP contribution in [0.5, 0.6) is 0 Å². The van der Waals surface area contributed by atoms with E-state index in [1.807, 2.05) is 5.38 Å². The summed E-state index contributed by atoms with van der Waals surface area (Å²) in [6.07, 6.45) is 4.38. The molecule has 1 saturated carbocycles. The number of rotatable bonds is 4. The molecule has 1 aliphatic carbocycles. The Bertz CT molecular complexity index is 431. The Balaban J connectivity index is 2.20. The second-order valence-electron chi connectivity index (χ2n) is 4.53. The van der Waals surface area contributed by atoms with Crippen LogP contribution in [0.3, 0.4) is 0 Å². The average molecular weight is 323 g/mol. The van der Waals surface area contributed by atoms with Gasteiger partial charge in [-0.05, 0) is 29.7 Å². The topological polar surface area (TPSA) is 34.1 Å². The van der Waals surface area contributed by atoms with E-state index < -0.39 is 9.84 Å². The lowest BCUT2D eigenvalue weighted by Crippen LogP contribution is -2.28.